The number of nitrogen functional groups attached to an aromatic ring is 1. The van der Waals surface area contributed by atoms with Gasteiger partial charge in [0.2, 0.25) is 0 Å². The Morgan fingerprint density at radius 3 is 2.72 bits per heavy atom. The van der Waals surface area contributed by atoms with Crippen molar-refractivity contribution in [2.45, 2.75) is 25.8 Å². The number of hydrogen-bond acceptors (Lipinski definition) is 3. The van der Waals surface area contributed by atoms with Gasteiger partial charge in [-0.05, 0) is 43.9 Å². The quantitative estimate of drug-likeness (QED) is 0.831. The fraction of sp³-hybridized carbons (Fsp3) is 0.500. The van der Waals surface area contributed by atoms with E-state index in [4.69, 9.17) is 10.5 Å². The van der Waals surface area contributed by atoms with Gasteiger partial charge in [0, 0.05) is 18.8 Å². The lowest BCUT2D eigenvalue weighted by Gasteiger charge is -2.25. The molecule has 0 radical (unpaired) electrons. The van der Waals surface area contributed by atoms with Gasteiger partial charge in [0.25, 0.3) is 5.91 Å². The Balaban J connectivity index is 2.21. The Hall–Kier alpha value is -1.71. The number of methoxy groups -OCH3 is 1. The molecule has 18 heavy (non-hydrogen) atoms. The molecule has 1 aromatic carbocycles. The first-order valence-electron chi connectivity index (χ1n) is 6.25. The second-order valence-electron chi connectivity index (χ2n) is 4.95. The number of hydrogen-bond donors (Lipinski definition) is 1. The average Bonchev–Trinajstić information content (AvgIpc) is 3.21. The van der Waals surface area contributed by atoms with Crippen LogP contribution in [-0.4, -0.2) is 31.0 Å². The highest BCUT2D eigenvalue weighted by Gasteiger charge is 2.33. The first-order chi connectivity index (χ1) is 8.54. The highest BCUT2D eigenvalue weighted by molar-refractivity contribution is 5.99. The topological polar surface area (TPSA) is 55.6 Å². The molecule has 0 spiro atoms. The normalized spacial score (nSPS) is 16.2. The maximum atomic E-state index is 12.4. The third-order valence-corrected chi connectivity index (χ3v) is 3.73. The molecule has 2 rings (SSSR count). The molecule has 1 saturated carbocycles. The Bertz CT molecular complexity index is 455. The molecule has 1 unspecified atom stereocenters. The molecule has 1 aromatic rings. The lowest BCUT2D eigenvalue weighted by Crippen LogP contribution is -2.36. The van der Waals surface area contributed by atoms with Crippen LogP contribution in [0.25, 0.3) is 0 Å². The van der Waals surface area contributed by atoms with Gasteiger partial charge < -0.3 is 15.4 Å². The van der Waals surface area contributed by atoms with Crippen molar-refractivity contribution in [3.8, 4) is 5.75 Å². The van der Waals surface area contributed by atoms with Crippen molar-refractivity contribution in [1.82, 2.24) is 4.90 Å². The molecule has 0 saturated heterocycles. The summed E-state index contributed by atoms with van der Waals surface area (Å²) in [6.45, 7) is 2.09. The lowest BCUT2D eigenvalue weighted by atomic mass is 10.1. The largest absolute Gasteiger partial charge is 0.497 e. The predicted molar refractivity (Wildman–Crippen MR) is 71.7 cm³/mol. The smallest absolute Gasteiger partial charge is 0.256 e. The van der Waals surface area contributed by atoms with Crippen molar-refractivity contribution < 1.29 is 9.53 Å². The van der Waals surface area contributed by atoms with E-state index in [1.54, 1.807) is 30.2 Å². The summed E-state index contributed by atoms with van der Waals surface area (Å²) in [5, 5.41) is 0. The number of nitrogens with two attached hydrogens (primary N) is 1. The molecular weight excluding hydrogens is 228 g/mol. The second kappa shape index (κ2) is 4.88. The van der Waals surface area contributed by atoms with Crippen LogP contribution in [0.1, 0.15) is 30.1 Å². The summed E-state index contributed by atoms with van der Waals surface area (Å²) < 4.78 is 5.13. The van der Waals surface area contributed by atoms with Gasteiger partial charge in [-0.3, -0.25) is 4.79 Å². The zero-order chi connectivity index (χ0) is 13.3. The van der Waals surface area contributed by atoms with E-state index in [1.807, 2.05) is 7.05 Å². The van der Waals surface area contributed by atoms with Gasteiger partial charge in [-0.1, -0.05) is 0 Å². The molecule has 1 atom stereocenters. The van der Waals surface area contributed by atoms with Crippen molar-refractivity contribution in [3.05, 3.63) is 23.8 Å². The van der Waals surface area contributed by atoms with Crippen LogP contribution >= 0.6 is 0 Å². The Labute approximate surface area is 108 Å². The van der Waals surface area contributed by atoms with Crippen LogP contribution in [0.4, 0.5) is 5.69 Å². The number of benzene rings is 1. The van der Waals surface area contributed by atoms with Crippen LogP contribution in [0.2, 0.25) is 0 Å². The Kier molecular flexibility index (Phi) is 3.45. The van der Waals surface area contributed by atoms with Crippen LogP contribution in [0, 0.1) is 5.92 Å². The molecule has 2 N–H and O–H groups in total. The van der Waals surface area contributed by atoms with Crippen molar-refractivity contribution in [2.24, 2.45) is 5.92 Å². The molecule has 0 bridgehead atoms. The molecular formula is C14H20N2O2. The third kappa shape index (κ3) is 2.42. The number of carbonyl (C=O) groups excluding carboxylic acids is 1. The summed E-state index contributed by atoms with van der Waals surface area (Å²) in [4.78, 5) is 14.2. The minimum Gasteiger partial charge on any atom is -0.497 e. The van der Waals surface area contributed by atoms with Crippen molar-refractivity contribution in [2.75, 3.05) is 19.9 Å². The van der Waals surface area contributed by atoms with E-state index in [1.165, 1.54) is 12.8 Å². The summed E-state index contributed by atoms with van der Waals surface area (Å²) in [5.41, 5.74) is 6.89. The van der Waals surface area contributed by atoms with E-state index in [0.29, 0.717) is 22.9 Å². The number of nitrogens with zero attached hydrogens (tertiary/aromatic N) is 1. The van der Waals surface area contributed by atoms with Gasteiger partial charge in [0.15, 0.2) is 0 Å². The number of carbonyl (C=O) groups is 1. The zero-order valence-corrected chi connectivity index (χ0v) is 11.1. The molecule has 1 fully saturated rings. The predicted octanol–water partition coefficient (Wildman–Crippen LogP) is 2.15. The van der Waals surface area contributed by atoms with E-state index in [9.17, 15) is 4.79 Å². The van der Waals surface area contributed by atoms with Gasteiger partial charge in [-0.15, -0.1) is 0 Å². The number of ether oxygens (including phenoxy) is 1. The Morgan fingerprint density at radius 1 is 1.50 bits per heavy atom. The molecule has 98 valence electrons. The van der Waals surface area contributed by atoms with Crippen LogP contribution < -0.4 is 10.5 Å². The van der Waals surface area contributed by atoms with Crippen molar-refractivity contribution in [3.63, 3.8) is 0 Å². The number of rotatable bonds is 4. The van der Waals surface area contributed by atoms with E-state index < -0.39 is 0 Å². The van der Waals surface area contributed by atoms with Crippen molar-refractivity contribution >= 4 is 11.6 Å². The van der Waals surface area contributed by atoms with Crippen LogP contribution in [0.5, 0.6) is 5.75 Å². The summed E-state index contributed by atoms with van der Waals surface area (Å²) in [6.07, 6.45) is 2.43. The SMILES string of the molecule is COc1ccc(N)c(C(=O)N(C)C(C)C2CC2)c1. The minimum atomic E-state index is -0.0363. The maximum Gasteiger partial charge on any atom is 0.256 e. The lowest BCUT2D eigenvalue weighted by molar-refractivity contribution is 0.0728. The molecule has 1 amide bonds. The first-order valence-corrected chi connectivity index (χ1v) is 6.25. The van der Waals surface area contributed by atoms with Crippen LogP contribution in [0.3, 0.4) is 0 Å². The summed E-state index contributed by atoms with van der Waals surface area (Å²) in [5.74, 6) is 1.26. The van der Waals surface area contributed by atoms with Gasteiger partial charge >= 0.3 is 0 Å². The molecule has 0 aromatic heterocycles. The standard InChI is InChI=1S/C14H20N2O2/c1-9(10-4-5-10)16(2)14(17)12-8-11(18-3)6-7-13(12)15/h6-10H,4-5,15H2,1-3H3. The van der Waals surface area contributed by atoms with Crippen LogP contribution in [0.15, 0.2) is 18.2 Å². The highest BCUT2D eigenvalue weighted by atomic mass is 16.5. The second-order valence-corrected chi connectivity index (χ2v) is 4.95. The maximum absolute atomic E-state index is 12.4. The van der Waals surface area contributed by atoms with E-state index >= 15 is 0 Å². The average molecular weight is 248 g/mol. The Morgan fingerprint density at radius 2 is 2.17 bits per heavy atom. The summed E-state index contributed by atoms with van der Waals surface area (Å²) >= 11 is 0. The highest BCUT2D eigenvalue weighted by Crippen LogP contribution is 2.35. The minimum absolute atomic E-state index is 0.0363. The molecule has 1 aliphatic carbocycles. The monoisotopic (exact) mass is 248 g/mol. The number of anilines is 1. The van der Waals surface area contributed by atoms with Gasteiger partial charge in [0.05, 0.1) is 12.7 Å². The van der Waals surface area contributed by atoms with Gasteiger partial charge in [-0.2, -0.15) is 0 Å². The number of amides is 1. The van der Waals surface area contributed by atoms with E-state index in [-0.39, 0.29) is 11.9 Å². The summed E-state index contributed by atoms with van der Waals surface area (Å²) in [6, 6.07) is 5.44. The van der Waals surface area contributed by atoms with Crippen LogP contribution in [-0.2, 0) is 0 Å². The molecule has 4 heteroatoms. The fourth-order valence-corrected chi connectivity index (χ4v) is 2.12. The van der Waals surface area contributed by atoms with Crippen molar-refractivity contribution in [1.29, 1.82) is 0 Å². The summed E-state index contributed by atoms with van der Waals surface area (Å²) in [7, 11) is 3.42. The van der Waals surface area contributed by atoms with Gasteiger partial charge in [-0.25, -0.2) is 0 Å². The molecule has 0 aliphatic heterocycles. The van der Waals surface area contributed by atoms with Gasteiger partial charge in [0.1, 0.15) is 5.75 Å². The van der Waals surface area contributed by atoms with E-state index in [2.05, 4.69) is 6.92 Å². The fourth-order valence-electron chi connectivity index (χ4n) is 2.12. The molecule has 1 aliphatic rings. The molecule has 0 heterocycles. The third-order valence-electron chi connectivity index (χ3n) is 3.73. The van der Waals surface area contributed by atoms with E-state index in [0.717, 1.165) is 0 Å². The zero-order valence-electron chi connectivity index (χ0n) is 11.1. The first kappa shape index (κ1) is 12.7. The molecule has 4 nitrogen and oxygen atoms in total.